The van der Waals surface area contributed by atoms with Gasteiger partial charge >= 0.3 is 0 Å². The molecule has 2 heterocycles. The SMILES string of the molecule is CCOc1cc2c(cc1OCC)CN(Cn1nc(C3CC3)n(CC)c1=S)CC2. The van der Waals surface area contributed by atoms with Crippen molar-refractivity contribution in [2.45, 2.75) is 65.7 Å². The Morgan fingerprint density at radius 1 is 1.07 bits per heavy atom. The smallest absolute Gasteiger partial charge is 0.199 e. The van der Waals surface area contributed by atoms with E-state index in [0.29, 0.717) is 19.1 Å². The zero-order valence-corrected chi connectivity index (χ0v) is 17.9. The Balaban J connectivity index is 1.54. The number of nitrogens with zero attached hydrogens (tertiary/aromatic N) is 4. The number of benzene rings is 1. The van der Waals surface area contributed by atoms with E-state index < -0.39 is 0 Å². The number of ether oxygens (including phenoxy) is 2. The Morgan fingerprint density at radius 2 is 1.75 bits per heavy atom. The van der Waals surface area contributed by atoms with Crippen LogP contribution in [-0.2, 0) is 26.2 Å². The van der Waals surface area contributed by atoms with E-state index in [1.807, 2.05) is 18.5 Å². The Labute approximate surface area is 172 Å². The van der Waals surface area contributed by atoms with E-state index in [0.717, 1.165) is 49.0 Å². The van der Waals surface area contributed by atoms with Crippen LogP contribution in [-0.4, -0.2) is 39.0 Å². The molecule has 1 aliphatic carbocycles. The number of rotatable bonds is 8. The lowest BCUT2D eigenvalue weighted by Gasteiger charge is -2.29. The van der Waals surface area contributed by atoms with Gasteiger partial charge in [0.05, 0.1) is 19.9 Å². The molecule has 0 unspecified atom stereocenters. The van der Waals surface area contributed by atoms with Gasteiger partial charge in [-0.25, -0.2) is 4.68 Å². The van der Waals surface area contributed by atoms with E-state index in [9.17, 15) is 0 Å². The summed E-state index contributed by atoms with van der Waals surface area (Å²) >= 11 is 5.71. The van der Waals surface area contributed by atoms with Crippen LogP contribution in [0.1, 0.15) is 56.5 Å². The molecule has 0 N–H and O–H groups in total. The molecule has 7 heteroatoms. The normalized spacial score (nSPS) is 16.8. The zero-order valence-electron chi connectivity index (χ0n) is 17.1. The van der Waals surface area contributed by atoms with Gasteiger partial charge in [0.2, 0.25) is 0 Å². The molecule has 0 spiro atoms. The van der Waals surface area contributed by atoms with Crippen molar-refractivity contribution >= 4 is 12.2 Å². The monoisotopic (exact) mass is 402 g/mol. The maximum absolute atomic E-state index is 5.81. The van der Waals surface area contributed by atoms with Crippen LogP contribution in [0.5, 0.6) is 11.5 Å². The van der Waals surface area contributed by atoms with Crippen LogP contribution < -0.4 is 9.47 Å². The lowest BCUT2D eigenvalue weighted by molar-refractivity contribution is 0.186. The van der Waals surface area contributed by atoms with Crippen LogP contribution >= 0.6 is 12.2 Å². The number of fused-ring (bicyclic) bond motifs is 1. The second-order valence-corrected chi connectivity index (χ2v) is 7.90. The van der Waals surface area contributed by atoms with Crippen molar-refractivity contribution in [1.82, 2.24) is 19.2 Å². The highest BCUT2D eigenvalue weighted by molar-refractivity contribution is 7.71. The van der Waals surface area contributed by atoms with Gasteiger partial charge in [-0.2, -0.15) is 5.10 Å². The van der Waals surface area contributed by atoms with Crippen LogP contribution in [0.4, 0.5) is 0 Å². The summed E-state index contributed by atoms with van der Waals surface area (Å²) in [6.45, 7) is 10.9. The van der Waals surface area contributed by atoms with Gasteiger partial charge in [0, 0.05) is 25.6 Å². The highest BCUT2D eigenvalue weighted by atomic mass is 32.1. The molecule has 1 saturated carbocycles. The van der Waals surface area contributed by atoms with Gasteiger partial charge in [-0.05, 0) is 75.5 Å². The first-order chi connectivity index (χ1) is 13.6. The highest BCUT2D eigenvalue weighted by Crippen LogP contribution is 2.39. The molecule has 6 nitrogen and oxygen atoms in total. The molecule has 1 aromatic heterocycles. The Bertz CT molecular complexity index is 901. The maximum atomic E-state index is 5.81. The van der Waals surface area contributed by atoms with E-state index in [1.54, 1.807) is 0 Å². The predicted octanol–water partition coefficient (Wildman–Crippen LogP) is 4.12. The molecule has 0 bridgehead atoms. The fourth-order valence-electron chi connectivity index (χ4n) is 3.96. The molecule has 28 heavy (non-hydrogen) atoms. The minimum absolute atomic E-state index is 0.607. The van der Waals surface area contributed by atoms with E-state index in [2.05, 4.69) is 28.5 Å². The first-order valence-electron chi connectivity index (χ1n) is 10.5. The van der Waals surface area contributed by atoms with Gasteiger partial charge in [-0.3, -0.25) is 4.90 Å². The lowest BCUT2D eigenvalue weighted by Crippen LogP contribution is -2.33. The second kappa shape index (κ2) is 8.25. The Hall–Kier alpha value is -1.86. The Morgan fingerprint density at radius 3 is 2.36 bits per heavy atom. The summed E-state index contributed by atoms with van der Waals surface area (Å²) in [7, 11) is 0. The van der Waals surface area contributed by atoms with Crippen LogP contribution in [0.25, 0.3) is 0 Å². The molecule has 0 amide bonds. The third-order valence-corrected chi connectivity index (χ3v) is 5.93. The van der Waals surface area contributed by atoms with Gasteiger partial charge in [-0.15, -0.1) is 0 Å². The summed E-state index contributed by atoms with van der Waals surface area (Å²) in [4.78, 5) is 2.41. The topological polar surface area (TPSA) is 44.5 Å². The number of hydrogen-bond donors (Lipinski definition) is 0. The van der Waals surface area contributed by atoms with Crippen LogP contribution in [0.2, 0.25) is 0 Å². The van der Waals surface area contributed by atoms with Crippen molar-refractivity contribution in [3.63, 3.8) is 0 Å². The third kappa shape index (κ3) is 3.82. The van der Waals surface area contributed by atoms with Crippen molar-refractivity contribution in [3.05, 3.63) is 33.9 Å². The third-order valence-electron chi connectivity index (χ3n) is 5.50. The summed E-state index contributed by atoms with van der Waals surface area (Å²) in [5.74, 6) is 3.47. The van der Waals surface area contributed by atoms with Gasteiger partial charge in [0.1, 0.15) is 5.82 Å². The summed E-state index contributed by atoms with van der Waals surface area (Å²) in [5.41, 5.74) is 2.66. The quantitative estimate of drug-likeness (QED) is 0.622. The molecular formula is C21H30N4O2S. The minimum atomic E-state index is 0.607. The standard InChI is InChI=1S/C21H30N4O2S/c1-4-24-20(15-7-8-15)22-25(21(24)28)14-23-10-9-16-11-18(26-5-2)19(27-6-3)12-17(16)13-23/h11-12,15H,4-10,13-14H2,1-3H3. The molecule has 2 aromatic rings. The first-order valence-corrected chi connectivity index (χ1v) is 10.9. The largest absolute Gasteiger partial charge is 0.490 e. The second-order valence-electron chi connectivity index (χ2n) is 7.54. The van der Waals surface area contributed by atoms with Crippen molar-refractivity contribution < 1.29 is 9.47 Å². The highest BCUT2D eigenvalue weighted by Gasteiger charge is 2.30. The van der Waals surface area contributed by atoms with Crippen LogP contribution in [0.15, 0.2) is 12.1 Å². The molecule has 0 atom stereocenters. The molecular weight excluding hydrogens is 372 g/mol. The molecule has 0 radical (unpaired) electrons. The van der Waals surface area contributed by atoms with Gasteiger partial charge < -0.3 is 14.0 Å². The summed E-state index contributed by atoms with van der Waals surface area (Å²) in [6.07, 6.45) is 3.48. The molecule has 1 aromatic carbocycles. The average molecular weight is 403 g/mol. The van der Waals surface area contributed by atoms with Crippen molar-refractivity contribution in [2.75, 3.05) is 19.8 Å². The minimum Gasteiger partial charge on any atom is -0.490 e. The average Bonchev–Trinajstić information content (AvgIpc) is 3.48. The van der Waals surface area contributed by atoms with E-state index in [-0.39, 0.29) is 0 Å². The summed E-state index contributed by atoms with van der Waals surface area (Å²) in [6, 6.07) is 4.30. The Kier molecular flexibility index (Phi) is 5.73. The van der Waals surface area contributed by atoms with Gasteiger partial charge in [0.15, 0.2) is 16.3 Å². The van der Waals surface area contributed by atoms with Gasteiger partial charge in [-0.1, -0.05) is 0 Å². The van der Waals surface area contributed by atoms with Crippen LogP contribution in [0.3, 0.4) is 0 Å². The van der Waals surface area contributed by atoms with E-state index in [4.69, 9.17) is 26.8 Å². The summed E-state index contributed by atoms with van der Waals surface area (Å²) < 4.78 is 16.6. The van der Waals surface area contributed by atoms with Crippen molar-refractivity contribution in [2.24, 2.45) is 0 Å². The predicted molar refractivity (Wildman–Crippen MR) is 112 cm³/mol. The molecule has 1 fully saturated rings. The zero-order chi connectivity index (χ0) is 19.7. The van der Waals surface area contributed by atoms with E-state index in [1.165, 1.54) is 29.8 Å². The van der Waals surface area contributed by atoms with Crippen molar-refractivity contribution in [1.29, 1.82) is 0 Å². The van der Waals surface area contributed by atoms with Crippen LogP contribution in [0, 0.1) is 4.77 Å². The van der Waals surface area contributed by atoms with Gasteiger partial charge in [0.25, 0.3) is 0 Å². The molecule has 4 rings (SSSR count). The molecule has 152 valence electrons. The fourth-order valence-corrected chi connectivity index (χ4v) is 4.28. The van der Waals surface area contributed by atoms with Crippen molar-refractivity contribution in [3.8, 4) is 11.5 Å². The fraction of sp³-hybridized carbons (Fsp3) is 0.619. The first kappa shape index (κ1) is 19.5. The molecule has 1 aliphatic heterocycles. The lowest BCUT2D eigenvalue weighted by atomic mass is 9.99. The number of hydrogen-bond acceptors (Lipinski definition) is 5. The molecule has 2 aliphatic rings. The summed E-state index contributed by atoms with van der Waals surface area (Å²) in [5, 5.41) is 4.87. The molecule has 0 saturated heterocycles. The number of aromatic nitrogens is 3. The maximum Gasteiger partial charge on any atom is 0.199 e. The van der Waals surface area contributed by atoms with E-state index >= 15 is 0 Å².